The van der Waals surface area contributed by atoms with Gasteiger partial charge in [0.1, 0.15) is 0 Å². The van der Waals surface area contributed by atoms with Gasteiger partial charge in [0.2, 0.25) is 5.91 Å². The number of nitrogens with two attached hydrogens (primary N) is 1. The summed E-state index contributed by atoms with van der Waals surface area (Å²) in [6, 6.07) is 13.3. The highest BCUT2D eigenvalue weighted by atomic mass is 35.5. The predicted molar refractivity (Wildman–Crippen MR) is 94.6 cm³/mol. The van der Waals surface area contributed by atoms with E-state index in [-0.39, 0.29) is 5.91 Å². The van der Waals surface area contributed by atoms with Gasteiger partial charge in [-0.1, -0.05) is 41.4 Å². The van der Waals surface area contributed by atoms with Crippen LogP contribution in [0.1, 0.15) is 24.0 Å². The molecule has 1 amide bonds. The highest BCUT2D eigenvalue weighted by Gasteiger charge is 2.32. The minimum Gasteiger partial charge on any atom is -0.399 e. The number of benzene rings is 2. The largest absolute Gasteiger partial charge is 0.399 e. The zero-order valence-corrected chi connectivity index (χ0v) is 14.1. The van der Waals surface area contributed by atoms with E-state index in [0.717, 1.165) is 24.0 Å². The quantitative estimate of drug-likeness (QED) is 0.818. The van der Waals surface area contributed by atoms with E-state index in [1.54, 1.807) is 6.07 Å². The van der Waals surface area contributed by atoms with E-state index in [4.69, 9.17) is 28.9 Å². The Labute approximate surface area is 146 Å². The van der Waals surface area contributed by atoms with Crippen molar-refractivity contribution in [2.45, 2.75) is 31.8 Å². The van der Waals surface area contributed by atoms with Crippen molar-refractivity contribution in [1.82, 2.24) is 4.90 Å². The average molecular weight is 349 g/mol. The molecule has 0 aliphatic heterocycles. The van der Waals surface area contributed by atoms with Gasteiger partial charge in [-0.25, -0.2) is 0 Å². The minimum absolute atomic E-state index is 0.115. The number of nitrogens with zero attached hydrogens (tertiary/aromatic N) is 1. The van der Waals surface area contributed by atoms with Crippen molar-refractivity contribution in [1.29, 1.82) is 0 Å². The lowest BCUT2D eigenvalue weighted by Gasteiger charge is -2.23. The third-order valence-corrected chi connectivity index (χ3v) is 4.69. The molecule has 0 atom stereocenters. The lowest BCUT2D eigenvalue weighted by molar-refractivity contribution is -0.131. The van der Waals surface area contributed by atoms with Crippen LogP contribution in [0.2, 0.25) is 10.0 Å². The molecule has 0 radical (unpaired) electrons. The second kappa shape index (κ2) is 6.81. The van der Waals surface area contributed by atoms with E-state index in [9.17, 15) is 4.79 Å². The van der Waals surface area contributed by atoms with E-state index in [2.05, 4.69) is 0 Å². The molecule has 3 nitrogen and oxygen atoms in total. The average Bonchev–Trinajstić information content (AvgIpc) is 3.33. The van der Waals surface area contributed by atoms with Crippen molar-refractivity contribution >= 4 is 34.8 Å². The van der Waals surface area contributed by atoms with Gasteiger partial charge < -0.3 is 10.6 Å². The molecule has 1 aliphatic carbocycles. The molecule has 0 aromatic heterocycles. The summed E-state index contributed by atoms with van der Waals surface area (Å²) in [6.07, 6.45) is 2.48. The fraction of sp³-hybridized carbons (Fsp3) is 0.278. The maximum atomic E-state index is 12.7. The van der Waals surface area contributed by atoms with Crippen LogP contribution in [-0.2, 0) is 17.8 Å². The van der Waals surface area contributed by atoms with Gasteiger partial charge in [0.05, 0.1) is 16.5 Å². The molecule has 1 saturated carbocycles. The molecule has 2 N–H and O–H groups in total. The Hall–Kier alpha value is -1.71. The number of amides is 1. The van der Waals surface area contributed by atoms with E-state index >= 15 is 0 Å². The number of carbonyl (C=O) groups excluding carboxylic acids is 1. The highest BCUT2D eigenvalue weighted by Crippen LogP contribution is 2.30. The molecule has 0 unspecified atom stereocenters. The summed E-state index contributed by atoms with van der Waals surface area (Å²) in [7, 11) is 0. The first-order chi connectivity index (χ1) is 11.0. The summed E-state index contributed by atoms with van der Waals surface area (Å²) in [5.74, 6) is 0.115. The molecule has 2 aromatic carbocycles. The van der Waals surface area contributed by atoms with Gasteiger partial charge in [0.25, 0.3) is 0 Å². The Morgan fingerprint density at radius 3 is 2.52 bits per heavy atom. The van der Waals surface area contributed by atoms with E-state index < -0.39 is 0 Å². The Morgan fingerprint density at radius 2 is 1.87 bits per heavy atom. The van der Waals surface area contributed by atoms with Crippen LogP contribution in [-0.4, -0.2) is 16.8 Å². The van der Waals surface area contributed by atoms with Gasteiger partial charge in [-0.15, -0.1) is 0 Å². The monoisotopic (exact) mass is 348 g/mol. The van der Waals surface area contributed by atoms with E-state index in [1.807, 2.05) is 41.3 Å². The summed E-state index contributed by atoms with van der Waals surface area (Å²) in [4.78, 5) is 14.6. The normalized spacial score (nSPS) is 13.8. The van der Waals surface area contributed by atoms with Crippen LogP contribution < -0.4 is 5.73 Å². The van der Waals surface area contributed by atoms with Gasteiger partial charge >= 0.3 is 0 Å². The molecule has 0 bridgehead atoms. The van der Waals surface area contributed by atoms with Crippen LogP contribution in [0.5, 0.6) is 0 Å². The Balaban J connectivity index is 1.73. The first-order valence-corrected chi connectivity index (χ1v) is 8.36. The fourth-order valence-electron chi connectivity index (χ4n) is 2.62. The molecule has 0 heterocycles. The minimum atomic E-state index is 0.115. The lowest BCUT2D eigenvalue weighted by atomic mass is 10.1. The van der Waals surface area contributed by atoms with Gasteiger partial charge in [0, 0.05) is 18.3 Å². The second-order valence-electron chi connectivity index (χ2n) is 5.92. The molecule has 2 aromatic rings. The topological polar surface area (TPSA) is 46.3 Å². The first kappa shape index (κ1) is 16.2. The van der Waals surface area contributed by atoms with Crippen molar-refractivity contribution in [3.05, 3.63) is 63.6 Å². The number of nitrogen functional groups attached to an aromatic ring is 1. The predicted octanol–water partition coefficient (Wildman–Crippen LogP) is 4.31. The molecular formula is C18H18Cl2N2O. The van der Waals surface area contributed by atoms with Crippen molar-refractivity contribution in [2.24, 2.45) is 0 Å². The third kappa shape index (κ3) is 4.18. The molecule has 1 fully saturated rings. The number of rotatable bonds is 5. The molecule has 1 aliphatic rings. The number of hydrogen-bond acceptors (Lipinski definition) is 2. The van der Waals surface area contributed by atoms with Gasteiger partial charge in [-0.05, 0) is 48.2 Å². The van der Waals surface area contributed by atoms with Crippen molar-refractivity contribution in [3.8, 4) is 0 Å². The lowest BCUT2D eigenvalue weighted by Crippen LogP contribution is -2.33. The molecule has 0 spiro atoms. The van der Waals surface area contributed by atoms with Crippen LogP contribution in [0.3, 0.4) is 0 Å². The van der Waals surface area contributed by atoms with Gasteiger partial charge in [-0.3, -0.25) is 4.79 Å². The van der Waals surface area contributed by atoms with Crippen LogP contribution >= 0.6 is 23.2 Å². The Kier molecular flexibility index (Phi) is 4.79. The zero-order valence-electron chi connectivity index (χ0n) is 12.6. The fourth-order valence-corrected chi connectivity index (χ4v) is 2.94. The van der Waals surface area contributed by atoms with E-state index in [0.29, 0.717) is 34.7 Å². The second-order valence-corrected chi connectivity index (χ2v) is 6.74. The summed E-state index contributed by atoms with van der Waals surface area (Å²) in [5.41, 5.74) is 8.40. The van der Waals surface area contributed by atoms with Gasteiger partial charge in [0.15, 0.2) is 0 Å². The van der Waals surface area contributed by atoms with E-state index in [1.165, 1.54) is 0 Å². The third-order valence-electron chi connectivity index (χ3n) is 3.95. The smallest absolute Gasteiger partial charge is 0.227 e. The van der Waals surface area contributed by atoms with Crippen molar-refractivity contribution in [3.63, 3.8) is 0 Å². The highest BCUT2D eigenvalue weighted by molar-refractivity contribution is 6.42. The summed E-state index contributed by atoms with van der Waals surface area (Å²) < 4.78 is 0. The molecule has 23 heavy (non-hydrogen) atoms. The summed E-state index contributed by atoms with van der Waals surface area (Å²) in [5, 5.41) is 1.04. The zero-order chi connectivity index (χ0) is 16.4. The summed E-state index contributed by atoms with van der Waals surface area (Å²) >= 11 is 12.0. The van der Waals surface area contributed by atoms with Gasteiger partial charge in [-0.2, -0.15) is 0 Å². The van der Waals surface area contributed by atoms with Crippen LogP contribution in [0, 0.1) is 0 Å². The molecule has 120 valence electrons. The number of hydrogen-bond donors (Lipinski definition) is 1. The maximum Gasteiger partial charge on any atom is 0.227 e. The molecule has 3 rings (SSSR count). The molecule has 5 heteroatoms. The van der Waals surface area contributed by atoms with Crippen molar-refractivity contribution < 1.29 is 4.79 Å². The number of halogens is 2. The maximum absolute atomic E-state index is 12.7. The van der Waals surface area contributed by atoms with Crippen LogP contribution in [0.4, 0.5) is 5.69 Å². The summed E-state index contributed by atoms with van der Waals surface area (Å²) in [6.45, 7) is 0.558. The molecule has 0 saturated heterocycles. The van der Waals surface area contributed by atoms with Crippen LogP contribution in [0.15, 0.2) is 42.5 Å². The Morgan fingerprint density at radius 1 is 1.09 bits per heavy atom. The number of anilines is 1. The number of carbonyl (C=O) groups is 1. The van der Waals surface area contributed by atoms with Crippen LogP contribution in [0.25, 0.3) is 0 Å². The molecular weight excluding hydrogens is 331 g/mol. The Bertz CT molecular complexity index is 729. The first-order valence-electron chi connectivity index (χ1n) is 7.61. The van der Waals surface area contributed by atoms with Crippen molar-refractivity contribution in [2.75, 3.05) is 5.73 Å². The standard InChI is InChI=1S/C18H18Cl2N2O/c19-16-7-4-13(9-17(16)20)11-22(15-5-6-15)18(23)10-12-2-1-3-14(21)8-12/h1-4,7-9,15H,5-6,10-11,21H2. The SMILES string of the molecule is Nc1cccc(CC(=O)N(Cc2ccc(Cl)c(Cl)c2)C2CC2)c1.